The molecular weight excluding hydrogens is 348 g/mol. The van der Waals surface area contributed by atoms with E-state index in [1.54, 1.807) is 12.4 Å². The van der Waals surface area contributed by atoms with Crippen molar-refractivity contribution in [3.63, 3.8) is 0 Å². The number of hydrogen-bond donors (Lipinski definition) is 1. The van der Waals surface area contributed by atoms with Crippen LogP contribution < -0.4 is 5.32 Å². The van der Waals surface area contributed by atoms with Gasteiger partial charge in [0.2, 0.25) is 15.9 Å². The maximum Gasteiger partial charge on any atom is 0.230 e. The van der Waals surface area contributed by atoms with Crippen molar-refractivity contribution in [2.24, 2.45) is 5.92 Å². The summed E-state index contributed by atoms with van der Waals surface area (Å²) in [5.74, 6) is -0.527. The van der Waals surface area contributed by atoms with Gasteiger partial charge in [-0.2, -0.15) is 0 Å². The molecule has 7 nitrogen and oxygen atoms in total. The maximum atomic E-state index is 12.4. The largest absolute Gasteiger partial charge is 0.302 e. The van der Waals surface area contributed by atoms with E-state index in [1.165, 1.54) is 21.9 Å². The number of carbonyl (C=O) groups excluding carboxylic acids is 1. The molecule has 3 rings (SSSR count). The fourth-order valence-corrected chi connectivity index (χ4v) is 4.29. The minimum absolute atomic E-state index is 0.182. The zero-order chi connectivity index (χ0) is 17.2. The molecule has 1 fully saturated rings. The molecule has 128 valence electrons. The number of anilines is 1. The number of pyridine rings is 1. The van der Waals surface area contributed by atoms with E-state index in [1.807, 2.05) is 17.5 Å². The fraction of sp³-hybridized carbons (Fsp3) is 0.400. The average Bonchev–Trinajstić information content (AvgIpc) is 3.03. The number of nitrogens with zero attached hydrogens (tertiary/aromatic N) is 3. The van der Waals surface area contributed by atoms with Crippen LogP contribution in [0.5, 0.6) is 0 Å². The van der Waals surface area contributed by atoms with Crippen LogP contribution >= 0.6 is 11.3 Å². The standard InChI is InChI=1S/C15H18N4O3S2/c1-24(21,22)19-8-2-3-12(9-19)14(20)18-15-17-13(10-23-15)11-4-6-16-7-5-11/h4-7,10,12H,2-3,8-9H2,1H3,(H,17,18,20). The number of nitrogens with one attached hydrogen (secondary N) is 1. The van der Waals surface area contributed by atoms with Crippen molar-refractivity contribution in [2.75, 3.05) is 24.7 Å². The van der Waals surface area contributed by atoms with Crippen LogP contribution in [0.4, 0.5) is 5.13 Å². The summed E-state index contributed by atoms with van der Waals surface area (Å²) in [6, 6.07) is 3.71. The first kappa shape index (κ1) is 17.0. The zero-order valence-corrected chi connectivity index (χ0v) is 14.8. The quantitative estimate of drug-likeness (QED) is 0.891. The Kier molecular flexibility index (Phi) is 4.93. The molecule has 9 heteroatoms. The second-order valence-corrected chi connectivity index (χ2v) is 8.56. The van der Waals surface area contributed by atoms with E-state index in [2.05, 4.69) is 15.3 Å². The highest BCUT2D eigenvalue weighted by molar-refractivity contribution is 7.88. The average molecular weight is 366 g/mol. The molecule has 1 saturated heterocycles. The van der Waals surface area contributed by atoms with Gasteiger partial charge in [0.25, 0.3) is 0 Å². The fourth-order valence-electron chi connectivity index (χ4n) is 2.65. The number of rotatable bonds is 4. The van der Waals surface area contributed by atoms with E-state index >= 15 is 0 Å². The van der Waals surface area contributed by atoms with Crippen LogP contribution in [-0.4, -0.2) is 47.9 Å². The number of carbonyl (C=O) groups is 1. The molecule has 3 heterocycles. The second kappa shape index (κ2) is 6.96. The Balaban J connectivity index is 1.66. The monoisotopic (exact) mass is 366 g/mol. The van der Waals surface area contributed by atoms with Crippen LogP contribution in [-0.2, 0) is 14.8 Å². The van der Waals surface area contributed by atoms with Crippen LogP contribution in [0, 0.1) is 5.92 Å². The zero-order valence-electron chi connectivity index (χ0n) is 13.2. The summed E-state index contributed by atoms with van der Waals surface area (Å²) in [5, 5.41) is 5.19. The third-order valence-electron chi connectivity index (χ3n) is 3.93. The van der Waals surface area contributed by atoms with E-state index in [9.17, 15) is 13.2 Å². The Hall–Kier alpha value is -1.84. The number of amides is 1. The molecule has 1 aliphatic heterocycles. The lowest BCUT2D eigenvalue weighted by atomic mass is 9.99. The summed E-state index contributed by atoms with van der Waals surface area (Å²) in [6.45, 7) is 0.708. The van der Waals surface area contributed by atoms with E-state index in [0.29, 0.717) is 24.5 Å². The molecule has 0 radical (unpaired) electrons. The molecule has 2 aromatic heterocycles. The van der Waals surface area contributed by atoms with Crippen LogP contribution in [0.3, 0.4) is 0 Å². The van der Waals surface area contributed by atoms with Gasteiger partial charge in [-0.25, -0.2) is 17.7 Å². The van der Waals surface area contributed by atoms with Crippen molar-refractivity contribution in [3.05, 3.63) is 29.9 Å². The normalized spacial score (nSPS) is 19.1. The van der Waals surface area contributed by atoms with Crippen LogP contribution in [0.15, 0.2) is 29.9 Å². The van der Waals surface area contributed by atoms with Crippen molar-refractivity contribution < 1.29 is 13.2 Å². The van der Waals surface area contributed by atoms with Gasteiger partial charge >= 0.3 is 0 Å². The van der Waals surface area contributed by atoms with Crippen LogP contribution in [0.2, 0.25) is 0 Å². The predicted octanol–water partition coefficient (Wildman–Crippen LogP) is 1.82. The third kappa shape index (κ3) is 3.97. The molecule has 1 amide bonds. The van der Waals surface area contributed by atoms with Gasteiger partial charge in [-0.1, -0.05) is 0 Å². The molecule has 0 bridgehead atoms. The Bertz CT molecular complexity index is 820. The lowest BCUT2D eigenvalue weighted by Gasteiger charge is -2.29. The predicted molar refractivity (Wildman–Crippen MR) is 93.1 cm³/mol. The van der Waals surface area contributed by atoms with Gasteiger partial charge in [0, 0.05) is 36.4 Å². The van der Waals surface area contributed by atoms with E-state index in [-0.39, 0.29) is 18.4 Å². The van der Waals surface area contributed by atoms with Crippen molar-refractivity contribution in [1.29, 1.82) is 0 Å². The summed E-state index contributed by atoms with van der Waals surface area (Å²) in [4.78, 5) is 20.8. The number of thiazole rings is 1. The minimum Gasteiger partial charge on any atom is -0.302 e. The molecular formula is C15H18N4O3S2. The Morgan fingerprint density at radius 2 is 2.12 bits per heavy atom. The first-order chi connectivity index (χ1) is 11.4. The first-order valence-electron chi connectivity index (χ1n) is 7.55. The summed E-state index contributed by atoms with van der Waals surface area (Å²) in [6.07, 6.45) is 5.92. The molecule has 24 heavy (non-hydrogen) atoms. The van der Waals surface area contributed by atoms with Crippen molar-refractivity contribution in [2.45, 2.75) is 12.8 Å². The second-order valence-electron chi connectivity index (χ2n) is 5.72. The molecule has 2 aromatic rings. The van der Waals surface area contributed by atoms with Gasteiger partial charge in [0.1, 0.15) is 0 Å². The van der Waals surface area contributed by atoms with Gasteiger partial charge in [-0.05, 0) is 25.0 Å². The lowest BCUT2D eigenvalue weighted by Crippen LogP contribution is -2.43. The van der Waals surface area contributed by atoms with E-state index in [4.69, 9.17) is 0 Å². The third-order valence-corrected chi connectivity index (χ3v) is 5.96. The molecule has 0 aliphatic carbocycles. The molecule has 0 spiro atoms. The van der Waals surface area contributed by atoms with Gasteiger partial charge in [-0.3, -0.25) is 9.78 Å². The summed E-state index contributed by atoms with van der Waals surface area (Å²) >= 11 is 1.35. The molecule has 1 N–H and O–H groups in total. The molecule has 0 aromatic carbocycles. The van der Waals surface area contributed by atoms with E-state index < -0.39 is 10.0 Å². The van der Waals surface area contributed by atoms with Crippen LogP contribution in [0.25, 0.3) is 11.3 Å². The summed E-state index contributed by atoms with van der Waals surface area (Å²) < 4.78 is 24.7. The van der Waals surface area contributed by atoms with Crippen molar-refractivity contribution >= 4 is 32.4 Å². The lowest BCUT2D eigenvalue weighted by molar-refractivity contribution is -0.120. The molecule has 1 unspecified atom stereocenters. The first-order valence-corrected chi connectivity index (χ1v) is 10.3. The van der Waals surface area contributed by atoms with Crippen LogP contribution in [0.1, 0.15) is 12.8 Å². The minimum atomic E-state index is -3.26. The Morgan fingerprint density at radius 1 is 1.38 bits per heavy atom. The number of aromatic nitrogens is 2. The highest BCUT2D eigenvalue weighted by atomic mass is 32.2. The van der Waals surface area contributed by atoms with E-state index in [0.717, 1.165) is 11.3 Å². The van der Waals surface area contributed by atoms with Crippen molar-refractivity contribution in [3.8, 4) is 11.3 Å². The van der Waals surface area contributed by atoms with Gasteiger partial charge in [-0.15, -0.1) is 11.3 Å². The molecule has 1 aliphatic rings. The van der Waals surface area contributed by atoms with Gasteiger partial charge in [0.15, 0.2) is 5.13 Å². The smallest absolute Gasteiger partial charge is 0.230 e. The SMILES string of the molecule is CS(=O)(=O)N1CCCC(C(=O)Nc2nc(-c3ccncc3)cs2)C1. The highest BCUT2D eigenvalue weighted by Gasteiger charge is 2.30. The topological polar surface area (TPSA) is 92.3 Å². The maximum absolute atomic E-state index is 12.4. The molecule has 1 atom stereocenters. The van der Waals surface area contributed by atoms with Gasteiger partial charge < -0.3 is 5.32 Å². The highest BCUT2D eigenvalue weighted by Crippen LogP contribution is 2.26. The number of sulfonamides is 1. The molecule has 0 saturated carbocycles. The summed E-state index contributed by atoms with van der Waals surface area (Å²) in [5.41, 5.74) is 1.71. The van der Waals surface area contributed by atoms with Crippen molar-refractivity contribution in [1.82, 2.24) is 14.3 Å². The van der Waals surface area contributed by atoms with Gasteiger partial charge in [0.05, 0.1) is 17.9 Å². The summed E-state index contributed by atoms with van der Waals surface area (Å²) in [7, 11) is -3.26. The number of hydrogen-bond acceptors (Lipinski definition) is 6. The Morgan fingerprint density at radius 3 is 2.83 bits per heavy atom. The number of piperidine rings is 1. The Labute approximate surface area is 144 Å².